The van der Waals surface area contributed by atoms with Crippen molar-refractivity contribution in [1.82, 2.24) is 0 Å². The van der Waals surface area contributed by atoms with E-state index in [1.165, 1.54) is 5.56 Å². The van der Waals surface area contributed by atoms with Crippen LogP contribution in [0.3, 0.4) is 0 Å². The Balaban J connectivity index is 2.31. The van der Waals surface area contributed by atoms with Gasteiger partial charge >= 0.3 is 0 Å². The molecule has 0 aliphatic heterocycles. The fourth-order valence-corrected chi connectivity index (χ4v) is 2.69. The number of nitrogens with one attached hydrogen (secondary N) is 1. The van der Waals surface area contributed by atoms with Crippen LogP contribution in [0, 0.1) is 3.57 Å². The summed E-state index contributed by atoms with van der Waals surface area (Å²) in [7, 11) is 1.59. The molecule has 0 bridgehead atoms. The fourth-order valence-electron chi connectivity index (χ4n) is 2.11. The maximum Gasteiger partial charge on any atom is 0.256 e. The molecule has 2 aromatic carbocycles. The number of methoxy groups -OCH3 is 1. The number of halogens is 1. The summed E-state index contributed by atoms with van der Waals surface area (Å²) >= 11 is 2.14. The third kappa shape index (κ3) is 3.68. The second-order valence-electron chi connectivity index (χ2n) is 4.78. The molecule has 4 heteroatoms. The van der Waals surface area contributed by atoms with Crippen molar-refractivity contribution in [2.24, 2.45) is 0 Å². The van der Waals surface area contributed by atoms with E-state index in [9.17, 15) is 4.79 Å². The summed E-state index contributed by atoms with van der Waals surface area (Å²) in [6.07, 6.45) is 2.70. The zero-order valence-corrected chi connectivity index (χ0v) is 14.8. The number of carbonyl (C=O) groups excluding carboxylic acids is 1. The first-order chi connectivity index (χ1) is 10.6. The van der Waals surface area contributed by atoms with Crippen molar-refractivity contribution in [3.63, 3.8) is 0 Å². The van der Waals surface area contributed by atoms with Crippen LogP contribution in [0.2, 0.25) is 0 Å². The van der Waals surface area contributed by atoms with Crippen LogP contribution in [0.15, 0.2) is 43.0 Å². The average Bonchev–Trinajstić information content (AvgIpc) is 2.55. The summed E-state index contributed by atoms with van der Waals surface area (Å²) in [5.41, 5.74) is 3.49. The van der Waals surface area contributed by atoms with E-state index in [2.05, 4.69) is 41.4 Å². The number of aryl methyl sites for hydroxylation is 1. The molecule has 2 rings (SSSR count). The van der Waals surface area contributed by atoms with Gasteiger partial charge in [-0.3, -0.25) is 4.79 Å². The lowest BCUT2D eigenvalue weighted by molar-refractivity contribution is 0.102. The Bertz CT molecular complexity index is 710. The van der Waals surface area contributed by atoms with Crippen LogP contribution in [-0.4, -0.2) is 13.0 Å². The molecule has 0 fully saturated rings. The van der Waals surface area contributed by atoms with Crippen LogP contribution in [0.25, 0.3) is 6.08 Å². The molecule has 0 aliphatic rings. The summed E-state index contributed by atoms with van der Waals surface area (Å²) in [6.45, 7) is 5.92. The Kier molecular flexibility index (Phi) is 5.60. The van der Waals surface area contributed by atoms with Crippen LogP contribution in [0.4, 0.5) is 5.69 Å². The number of anilines is 1. The molecule has 1 N–H and O–H groups in total. The van der Waals surface area contributed by atoms with E-state index in [1.54, 1.807) is 19.3 Å². The van der Waals surface area contributed by atoms with Gasteiger partial charge in [-0.1, -0.05) is 25.6 Å². The van der Waals surface area contributed by atoms with Crippen LogP contribution in [0.5, 0.6) is 5.75 Å². The zero-order valence-electron chi connectivity index (χ0n) is 12.7. The van der Waals surface area contributed by atoms with Gasteiger partial charge in [-0.15, -0.1) is 0 Å². The smallest absolute Gasteiger partial charge is 0.256 e. The van der Waals surface area contributed by atoms with Gasteiger partial charge in [0.05, 0.1) is 12.7 Å². The quantitative estimate of drug-likeness (QED) is 0.727. The van der Waals surface area contributed by atoms with Crippen LogP contribution >= 0.6 is 22.6 Å². The monoisotopic (exact) mass is 407 g/mol. The van der Waals surface area contributed by atoms with E-state index < -0.39 is 0 Å². The molecule has 0 unspecified atom stereocenters. The van der Waals surface area contributed by atoms with Crippen LogP contribution < -0.4 is 10.1 Å². The van der Waals surface area contributed by atoms with Crippen molar-refractivity contribution >= 4 is 40.3 Å². The van der Waals surface area contributed by atoms with Crippen molar-refractivity contribution in [2.75, 3.05) is 12.4 Å². The zero-order chi connectivity index (χ0) is 16.1. The van der Waals surface area contributed by atoms with Gasteiger partial charge in [0.1, 0.15) is 5.75 Å². The van der Waals surface area contributed by atoms with Gasteiger partial charge in [0, 0.05) is 9.26 Å². The topological polar surface area (TPSA) is 38.3 Å². The molecule has 0 aliphatic carbocycles. The summed E-state index contributed by atoms with van der Waals surface area (Å²) < 4.78 is 6.06. The van der Waals surface area contributed by atoms with E-state index in [1.807, 2.05) is 30.3 Å². The first-order valence-corrected chi connectivity index (χ1v) is 8.07. The number of hydrogen-bond acceptors (Lipinski definition) is 2. The molecule has 0 spiro atoms. The number of benzene rings is 2. The summed E-state index contributed by atoms with van der Waals surface area (Å²) in [5, 5.41) is 2.95. The van der Waals surface area contributed by atoms with Crippen LogP contribution in [0.1, 0.15) is 28.4 Å². The van der Waals surface area contributed by atoms with Crippen molar-refractivity contribution in [1.29, 1.82) is 0 Å². The maximum atomic E-state index is 12.5. The molecular formula is C18H18INO2. The van der Waals surface area contributed by atoms with Crippen molar-refractivity contribution < 1.29 is 9.53 Å². The minimum atomic E-state index is -0.157. The van der Waals surface area contributed by atoms with Crippen molar-refractivity contribution in [3.05, 3.63) is 63.2 Å². The number of rotatable bonds is 5. The van der Waals surface area contributed by atoms with E-state index >= 15 is 0 Å². The minimum Gasteiger partial charge on any atom is -0.497 e. The molecule has 0 atom stereocenters. The van der Waals surface area contributed by atoms with Crippen LogP contribution in [-0.2, 0) is 6.42 Å². The minimum absolute atomic E-state index is 0.157. The third-order valence-corrected chi connectivity index (χ3v) is 4.35. The second kappa shape index (κ2) is 7.45. The van der Waals surface area contributed by atoms with Gasteiger partial charge in [0.25, 0.3) is 5.91 Å². The summed E-state index contributed by atoms with van der Waals surface area (Å²) in [5.74, 6) is 0.506. The molecule has 0 saturated carbocycles. The molecule has 0 aromatic heterocycles. The fraction of sp³-hybridized carbons (Fsp3) is 0.167. The highest BCUT2D eigenvalue weighted by molar-refractivity contribution is 14.1. The Morgan fingerprint density at radius 1 is 1.32 bits per heavy atom. The Morgan fingerprint density at radius 2 is 2.09 bits per heavy atom. The van der Waals surface area contributed by atoms with Gasteiger partial charge in [0.15, 0.2) is 0 Å². The van der Waals surface area contributed by atoms with Gasteiger partial charge in [0.2, 0.25) is 0 Å². The number of hydrogen-bond donors (Lipinski definition) is 1. The lowest BCUT2D eigenvalue weighted by Gasteiger charge is -2.12. The van der Waals surface area contributed by atoms with E-state index in [0.29, 0.717) is 11.3 Å². The molecular weight excluding hydrogens is 389 g/mol. The van der Waals surface area contributed by atoms with Crippen molar-refractivity contribution in [3.8, 4) is 5.75 Å². The molecule has 114 valence electrons. The highest BCUT2D eigenvalue weighted by Crippen LogP contribution is 2.23. The number of carbonyl (C=O) groups is 1. The number of ether oxygens (including phenoxy) is 1. The molecule has 1 amide bonds. The molecule has 3 nitrogen and oxygen atoms in total. The lowest BCUT2D eigenvalue weighted by Crippen LogP contribution is -2.14. The maximum absolute atomic E-state index is 12.5. The first kappa shape index (κ1) is 16.5. The van der Waals surface area contributed by atoms with Gasteiger partial charge in [-0.2, -0.15) is 0 Å². The predicted octanol–water partition coefficient (Wildman–Crippen LogP) is 4.76. The molecule has 0 saturated heterocycles. The second-order valence-corrected chi connectivity index (χ2v) is 5.94. The van der Waals surface area contributed by atoms with E-state index in [0.717, 1.165) is 21.2 Å². The Hall–Kier alpha value is -1.82. The van der Waals surface area contributed by atoms with Gasteiger partial charge in [-0.05, 0) is 70.5 Å². The van der Waals surface area contributed by atoms with Crippen molar-refractivity contribution in [2.45, 2.75) is 13.3 Å². The summed E-state index contributed by atoms with van der Waals surface area (Å²) in [6, 6.07) is 11.4. The standard InChI is InChI=1S/C18H18INO2/c1-4-12-6-9-17(13(5-2)10-12)20-18(21)15-11-14(22-3)7-8-16(15)19/h5-11H,2,4H2,1,3H3,(H,20,21). The largest absolute Gasteiger partial charge is 0.497 e. The molecule has 0 radical (unpaired) electrons. The highest BCUT2D eigenvalue weighted by atomic mass is 127. The van der Waals surface area contributed by atoms with Gasteiger partial charge < -0.3 is 10.1 Å². The molecule has 22 heavy (non-hydrogen) atoms. The first-order valence-electron chi connectivity index (χ1n) is 6.99. The Labute approximate surface area is 144 Å². The molecule has 0 heterocycles. The van der Waals surface area contributed by atoms with E-state index in [-0.39, 0.29) is 5.91 Å². The molecule has 2 aromatic rings. The lowest BCUT2D eigenvalue weighted by atomic mass is 10.1. The third-order valence-electron chi connectivity index (χ3n) is 3.41. The predicted molar refractivity (Wildman–Crippen MR) is 99.6 cm³/mol. The average molecular weight is 407 g/mol. The number of amides is 1. The summed E-state index contributed by atoms with van der Waals surface area (Å²) in [4.78, 5) is 12.5. The van der Waals surface area contributed by atoms with Gasteiger partial charge in [-0.25, -0.2) is 0 Å². The Morgan fingerprint density at radius 3 is 2.73 bits per heavy atom. The SMILES string of the molecule is C=Cc1cc(CC)ccc1NC(=O)c1cc(OC)ccc1I. The highest BCUT2D eigenvalue weighted by Gasteiger charge is 2.13. The van der Waals surface area contributed by atoms with E-state index in [4.69, 9.17) is 4.74 Å². The normalized spacial score (nSPS) is 10.1.